The molecule has 2 aromatic heterocycles. The van der Waals surface area contributed by atoms with Gasteiger partial charge in [-0.15, -0.1) is 0 Å². The van der Waals surface area contributed by atoms with Crippen molar-refractivity contribution in [2.24, 2.45) is 0 Å². The van der Waals surface area contributed by atoms with Crippen LogP contribution in [0, 0.1) is 13.8 Å². The highest BCUT2D eigenvalue weighted by Gasteiger charge is 2.44. The number of amides is 1. The van der Waals surface area contributed by atoms with Gasteiger partial charge in [0.05, 0.1) is 35.5 Å². The van der Waals surface area contributed by atoms with Gasteiger partial charge in [-0.05, 0) is 43.9 Å². The van der Waals surface area contributed by atoms with E-state index in [4.69, 9.17) is 9.26 Å². The fraction of sp³-hybridized carbons (Fsp3) is 0.296. The zero-order chi connectivity index (χ0) is 22.6. The Balaban J connectivity index is 1.41. The lowest BCUT2D eigenvalue weighted by Crippen LogP contribution is -2.51. The van der Waals surface area contributed by atoms with E-state index in [-0.39, 0.29) is 5.91 Å². The molecule has 3 heterocycles. The van der Waals surface area contributed by atoms with E-state index >= 15 is 0 Å². The number of rotatable bonds is 2. The maximum absolute atomic E-state index is 13.9. The summed E-state index contributed by atoms with van der Waals surface area (Å²) in [5, 5.41) is 4.78. The fourth-order valence-corrected chi connectivity index (χ4v) is 5.23. The molecule has 33 heavy (non-hydrogen) atoms. The van der Waals surface area contributed by atoms with Crippen molar-refractivity contribution in [2.45, 2.75) is 32.3 Å². The minimum absolute atomic E-state index is 0.0332. The summed E-state index contributed by atoms with van der Waals surface area (Å²) in [6, 6.07) is 18.4. The first-order valence-corrected chi connectivity index (χ1v) is 11.4. The van der Waals surface area contributed by atoms with Crippen molar-refractivity contribution in [1.29, 1.82) is 0 Å². The molecule has 0 saturated carbocycles. The molecule has 2 aromatic carbocycles. The van der Waals surface area contributed by atoms with Crippen LogP contribution in [-0.2, 0) is 16.8 Å². The molecule has 4 aromatic rings. The Morgan fingerprint density at radius 1 is 1.09 bits per heavy atom. The van der Waals surface area contributed by atoms with Gasteiger partial charge in [-0.2, -0.15) is 0 Å². The lowest BCUT2D eigenvalue weighted by atomic mass is 9.93. The summed E-state index contributed by atoms with van der Waals surface area (Å²) in [7, 11) is 0. The molecule has 1 aliphatic heterocycles. The van der Waals surface area contributed by atoms with E-state index in [0.717, 1.165) is 18.4 Å². The van der Waals surface area contributed by atoms with Crippen LogP contribution in [-0.4, -0.2) is 40.6 Å². The van der Waals surface area contributed by atoms with Crippen molar-refractivity contribution in [2.75, 3.05) is 19.7 Å². The van der Waals surface area contributed by atoms with Gasteiger partial charge in [-0.1, -0.05) is 59.3 Å². The summed E-state index contributed by atoms with van der Waals surface area (Å²) < 4.78 is 11.8. The summed E-state index contributed by atoms with van der Waals surface area (Å²) >= 11 is 0. The fourth-order valence-electron chi connectivity index (χ4n) is 5.23. The van der Waals surface area contributed by atoms with E-state index in [1.54, 1.807) is 0 Å². The molecule has 1 amide bonds. The second-order valence-corrected chi connectivity index (χ2v) is 9.10. The molecule has 1 atom stereocenters. The number of ether oxygens (including phenoxy) is 1. The van der Waals surface area contributed by atoms with E-state index in [2.05, 4.69) is 34.4 Å². The molecule has 0 N–H and O–H groups in total. The minimum Gasteiger partial charge on any atom is -0.367 e. The quantitative estimate of drug-likeness (QED) is 0.448. The van der Waals surface area contributed by atoms with Gasteiger partial charge in [0.25, 0.3) is 11.6 Å². The summed E-state index contributed by atoms with van der Waals surface area (Å²) in [6.45, 7) is 5.50. The van der Waals surface area contributed by atoms with Crippen molar-refractivity contribution in [1.82, 2.24) is 15.0 Å². The highest BCUT2D eigenvalue weighted by Crippen LogP contribution is 2.42. The molecule has 6 heteroatoms. The van der Waals surface area contributed by atoms with Crippen molar-refractivity contribution in [3.63, 3.8) is 0 Å². The third-order valence-electron chi connectivity index (χ3n) is 6.97. The summed E-state index contributed by atoms with van der Waals surface area (Å²) in [4.78, 5) is 20.5. The predicted octanol–water partition coefficient (Wildman–Crippen LogP) is 4.82. The number of carbonyl (C=O) groups excluding carboxylic acids is 1. The van der Waals surface area contributed by atoms with Crippen LogP contribution in [0.25, 0.3) is 22.4 Å². The van der Waals surface area contributed by atoms with Crippen molar-refractivity contribution in [3.05, 3.63) is 82.5 Å². The molecule has 2 aliphatic rings. The van der Waals surface area contributed by atoms with Gasteiger partial charge in [0.15, 0.2) is 0 Å². The normalized spacial score (nSPS) is 19.9. The first-order valence-electron chi connectivity index (χ1n) is 11.4. The molecule has 0 radical (unpaired) electrons. The monoisotopic (exact) mass is 439 g/mol. The summed E-state index contributed by atoms with van der Waals surface area (Å²) in [5.74, 6) is -0.0332. The van der Waals surface area contributed by atoms with Gasteiger partial charge in [0.1, 0.15) is 5.60 Å². The molecule has 1 spiro atoms. The molecule has 1 unspecified atom stereocenters. The van der Waals surface area contributed by atoms with Gasteiger partial charge < -0.3 is 14.2 Å². The Kier molecular flexibility index (Phi) is 4.59. The number of pyridine rings is 1. The molecule has 6 rings (SSSR count). The van der Waals surface area contributed by atoms with Crippen LogP contribution in [0.1, 0.15) is 39.2 Å². The Labute approximate surface area is 192 Å². The number of hydrogen-bond acceptors (Lipinski definition) is 5. The molecule has 6 nitrogen and oxygen atoms in total. The molecular formula is C27H25N3O3. The van der Waals surface area contributed by atoms with E-state index in [1.165, 1.54) is 16.7 Å². The summed E-state index contributed by atoms with van der Waals surface area (Å²) in [5.41, 5.74) is 6.55. The van der Waals surface area contributed by atoms with Crippen LogP contribution in [0.3, 0.4) is 0 Å². The first-order chi connectivity index (χ1) is 16.0. The topological polar surface area (TPSA) is 68.5 Å². The first kappa shape index (κ1) is 20.1. The molecule has 1 saturated heterocycles. The molecule has 1 aliphatic carbocycles. The van der Waals surface area contributed by atoms with Crippen molar-refractivity contribution >= 4 is 17.0 Å². The van der Waals surface area contributed by atoms with Gasteiger partial charge in [0.2, 0.25) is 0 Å². The average Bonchev–Trinajstić information content (AvgIpc) is 3.39. The van der Waals surface area contributed by atoms with Crippen LogP contribution < -0.4 is 0 Å². The number of aromatic nitrogens is 2. The van der Waals surface area contributed by atoms with Gasteiger partial charge in [-0.25, -0.2) is 4.98 Å². The largest absolute Gasteiger partial charge is 0.367 e. The maximum atomic E-state index is 13.9. The Morgan fingerprint density at radius 3 is 2.76 bits per heavy atom. The number of hydrogen-bond donors (Lipinski definition) is 0. The zero-order valence-electron chi connectivity index (χ0n) is 18.8. The molecule has 166 valence electrons. The number of aryl methyl sites for hydroxylation is 3. The number of fused-ring (bicyclic) bond motifs is 3. The number of benzene rings is 2. The summed E-state index contributed by atoms with van der Waals surface area (Å²) in [6.07, 6.45) is 1.86. The second kappa shape index (κ2) is 7.52. The molecule has 1 fully saturated rings. The SMILES string of the molecule is Cc1ccc(-c2cc(C(=O)N3CCOC4(CCc5ccccc54)C3)c3c(C)noc3n2)cc1. The highest BCUT2D eigenvalue weighted by molar-refractivity contribution is 6.07. The third-order valence-corrected chi connectivity index (χ3v) is 6.97. The smallest absolute Gasteiger partial charge is 0.259 e. The molecular weight excluding hydrogens is 414 g/mol. The molecule has 0 bridgehead atoms. The lowest BCUT2D eigenvalue weighted by molar-refractivity contribution is -0.103. The zero-order valence-corrected chi connectivity index (χ0v) is 18.8. The average molecular weight is 440 g/mol. The number of carbonyl (C=O) groups is 1. The Hall–Kier alpha value is -3.51. The van der Waals surface area contributed by atoms with E-state index in [1.807, 2.05) is 49.1 Å². The Bertz CT molecular complexity index is 1370. The van der Waals surface area contributed by atoms with Gasteiger partial charge >= 0.3 is 0 Å². The van der Waals surface area contributed by atoms with Gasteiger partial charge in [-0.3, -0.25) is 4.79 Å². The van der Waals surface area contributed by atoms with Crippen LogP contribution in [0.2, 0.25) is 0 Å². The third kappa shape index (κ3) is 3.25. The second-order valence-electron chi connectivity index (χ2n) is 9.10. The van der Waals surface area contributed by atoms with E-state index < -0.39 is 5.60 Å². The van der Waals surface area contributed by atoms with E-state index in [0.29, 0.717) is 47.7 Å². The number of morpholine rings is 1. The van der Waals surface area contributed by atoms with Crippen LogP contribution >= 0.6 is 0 Å². The van der Waals surface area contributed by atoms with E-state index in [9.17, 15) is 4.79 Å². The van der Waals surface area contributed by atoms with Gasteiger partial charge in [0, 0.05) is 12.1 Å². The number of nitrogens with zero attached hydrogens (tertiary/aromatic N) is 3. The predicted molar refractivity (Wildman–Crippen MR) is 125 cm³/mol. The van der Waals surface area contributed by atoms with Crippen LogP contribution in [0.5, 0.6) is 0 Å². The maximum Gasteiger partial charge on any atom is 0.259 e. The van der Waals surface area contributed by atoms with Crippen molar-refractivity contribution < 1.29 is 14.1 Å². The van der Waals surface area contributed by atoms with Crippen molar-refractivity contribution in [3.8, 4) is 11.3 Å². The standard InChI is InChI=1S/C27H25N3O3/c1-17-7-9-20(10-8-17)23-15-21(24-18(2)29-33-25(24)28-23)26(31)30-13-14-32-27(16-30)12-11-19-5-3-4-6-22(19)27/h3-10,15H,11-14,16H2,1-2H3. The highest BCUT2D eigenvalue weighted by atomic mass is 16.5. The van der Waals surface area contributed by atoms with Crippen LogP contribution in [0.15, 0.2) is 59.1 Å². The minimum atomic E-state index is -0.430. The Morgan fingerprint density at radius 2 is 1.91 bits per heavy atom. The van der Waals surface area contributed by atoms with Crippen LogP contribution in [0.4, 0.5) is 0 Å². The lowest BCUT2D eigenvalue weighted by Gasteiger charge is -2.41.